The Bertz CT molecular complexity index is 595. The molecule has 0 amide bonds. The Morgan fingerprint density at radius 2 is 1.78 bits per heavy atom. The first-order valence-corrected chi connectivity index (χ1v) is 5.57. The predicted molar refractivity (Wildman–Crippen MR) is 70.0 cm³/mol. The summed E-state index contributed by atoms with van der Waals surface area (Å²) in [6.45, 7) is 3.86. The van der Waals surface area contributed by atoms with E-state index in [1.807, 2.05) is 26.0 Å². The number of nitrogens with two attached hydrogens (primary N) is 1. The average Bonchev–Trinajstić information content (AvgIpc) is 2.35. The van der Waals surface area contributed by atoms with Crippen LogP contribution in [0, 0.1) is 25.5 Å². The van der Waals surface area contributed by atoms with Crippen LogP contribution in [0.25, 0.3) is 0 Å². The molecule has 3 N–H and O–H groups in total. The quantitative estimate of drug-likeness (QED) is 0.791. The molecule has 0 aliphatic carbocycles. The molecule has 18 heavy (non-hydrogen) atoms. The molecular weight excluding hydrogens is 234 g/mol. The SMILES string of the molecule is Cc1cccc(Nc2c(N)ccc(F)c2F)c1C. The van der Waals surface area contributed by atoms with E-state index in [9.17, 15) is 8.78 Å². The van der Waals surface area contributed by atoms with E-state index in [-0.39, 0.29) is 11.4 Å². The molecule has 0 bridgehead atoms. The molecule has 0 radical (unpaired) electrons. The van der Waals surface area contributed by atoms with Gasteiger partial charge in [-0.05, 0) is 43.2 Å². The second-order valence-electron chi connectivity index (χ2n) is 4.20. The number of benzene rings is 2. The lowest BCUT2D eigenvalue weighted by Crippen LogP contribution is -2.03. The van der Waals surface area contributed by atoms with Gasteiger partial charge in [0.15, 0.2) is 11.6 Å². The lowest BCUT2D eigenvalue weighted by Gasteiger charge is -2.14. The maximum absolute atomic E-state index is 13.7. The van der Waals surface area contributed by atoms with Crippen molar-refractivity contribution < 1.29 is 8.78 Å². The summed E-state index contributed by atoms with van der Waals surface area (Å²) < 4.78 is 26.8. The van der Waals surface area contributed by atoms with Crippen molar-refractivity contribution in [2.45, 2.75) is 13.8 Å². The molecule has 0 saturated carbocycles. The zero-order chi connectivity index (χ0) is 13.3. The number of nitrogens with one attached hydrogen (secondary N) is 1. The van der Waals surface area contributed by atoms with Crippen molar-refractivity contribution in [2.24, 2.45) is 0 Å². The smallest absolute Gasteiger partial charge is 0.184 e. The summed E-state index contributed by atoms with van der Waals surface area (Å²) in [6, 6.07) is 7.95. The Morgan fingerprint density at radius 3 is 2.50 bits per heavy atom. The normalized spacial score (nSPS) is 10.4. The Morgan fingerprint density at radius 1 is 1.06 bits per heavy atom. The van der Waals surface area contributed by atoms with Crippen molar-refractivity contribution in [1.82, 2.24) is 0 Å². The van der Waals surface area contributed by atoms with Gasteiger partial charge in [-0.25, -0.2) is 8.78 Å². The van der Waals surface area contributed by atoms with Gasteiger partial charge in [0, 0.05) is 5.69 Å². The molecule has 2 aromatic rings. The molecule has 0 aromatic heterocycles. The number of anilines is 3. The third-order valence-corrected chi connectivity index (χ3v) is 2.99. The van der Waals surface area contributed by atoms with Crippen molar-refractivity contribution in [3.8, 4) is 0 Å². The van der Waals surface area contributed by atoms with E-state index in [1.54, 1.807) is 6.07 Å². The van der Waals surface area contributed by atoms with Gasteiger partial charge in [0.25, 0.3) is 0 Å². The Balaban J connectivity index is 2.46. The van der Waals surface area contributed by atoms with Crippen molar-refractivity contribution in [3.05, 3.63) is 53.1 Å². The number of nitrogen functional groups attached to an aromatic ring is 1. The van der Waals surface area contributed by atoms with Crippen LogP contribution in [0.3, 0.4) is 0 Å². The van der Waals surface area contributed by atoms with Gasteiger partial charge in [0.2, 0.25) is 0 Å². The molecule has 94 valence electrons. The molecule has 4 heteroatoms. The summed E-state index contributed by atoms with van der Waals surface area (Å²) in [4.78, 5) is 0. The first kappa shape index (κ1) is 12.4. The topological polar surface area (TPSA) is 38.0 Å². The highest BCUT2D eigenvalue weighted by Crippen LogP contribution is 2.30. The first-order chi connectivity index (χ1) is 8.50. The lowest BCUT2D eigenvalue weighted by atomic mass is 10.1. The van der Waals surface area contributed by atoms with Gasteiger partial charge < -0.3 is 11.1 Å². The van der Waals surface area contributed by atoms with Crippen LogP contribution in [-0.4, -0.2) is 0 Å². The molecule has 0 atom stereocenters. The average molecular weight is 248 g/mol. The molecule has 0 fully saturated rings. The molecule has 2 aromatic carbocycles. The van der Waals surface area contributed by atoms with E-state index >= 15 is 0 Å². The third kappa shape index (κ3) is 2.14. The van der Waals surface area contributed by atoms with E-state index in [2.05, 4.69) is 5.32 Å². The monoisotopic (exact) mass is 248 g/mol. The minimum atomic E-state index is -0.962. The Kier molecular flexibility index (Phi) is 3.19. The van der Waals surface area contributed by atoms with E-state index in [4.69, 9.17) is 5.73 Å². The lowest BCUT2D eigenvalue weighted by molar-refractivity contribution is 0.512. The molecule has 2 nitrogen and oxygen atoms in total. The molecule has 0 spiro atoms. The summed E-state index contributed by atoms with van der Waals surface area (Å²) in [7, 11) is 0. The molecular formula is C14H14F2N2. The van der Waals surface area contributed by atoms with Crippen molar-refractivity contribution >= 4 is 17.1 Å². The van der Waals surface area contributed by atoms with Crippen molar-refractivity contribution in [2.75, 3.05) is 11.1 Å². The van der Waals surface area contributed by atoms with Crippen LogP contribution in [0.1, 0.15) is 11.1 Å². The minimum absolute atomic E-state index is 0.0244. The Labute approximate surface area is 104 Å². The van der Waals surface area contributed by atoms with E-state index in [1.165, 1.54) is 6.07 Å². The number of aryl methyl sites for hydroxylation is 1. The van der Waals surface area contributed by atoms with Crippen LogP contribution in [0.4, 0.5) is 25.8 Å². The maximum Gasteiger partial charge on any atom is 0.184 e. The summed E-state index contributed by atoms with van der Waals surface area (Å²) in [5, 5.41) is 2.85. The summed E-state index contributed by atoms with van der Waals surface area (Å²) in [5.74, 6) is -1.88. The molecule has 0 heterocycles. The van der Waals surface area contributed by atoms with Crippen molar-refractivity contribution in [3.63, 3.8) is 0 Å². The van der Waals surface area contributed by atoms with E-state index < -0.39 is 11.6 Å². The van der Waals surface area contributed by atoms with Gasteiger partial charge >= 0.3 is 0 Å². The number of rotatable bonds is 2. The molecule has 0 aliphatic heterocycles. The van der Waals surface area contributed by atoms with Gasteiger partial charge in [-0.1, -0.05) is 12.1 Å². The van der Waals surface area contributed by atoms with Crippen LogP contribution in [0.5, 0.6) is 0 Å². The minimum Gasteiger partial charge on any atom is -0.397 e. The van der Waals surface area contributed by atoms with Gasteiger partial charge in [-0.2, -0.15) is 0 Å². The largest absolute Gasteiger partial charge is 0.397 e. The fraction of sp³-hybridized carbons (Fsp3) is 0.143. The zero-order valence-corrected chi connectivity index (χ0v) is 10.2. The molecule has 0 saturated heterocycles. The molecule has 0 aliphatic rings. The number of hydrogen-bond acceptors (Lipinski definition) is 2. The highest BCUT2D eigenvalue weighted by Gasteiger charge is 2.13. The van der Waals surface area contributed by atoms with Crippen LogP contribution in [-0.2, 0) is 0 Å². The highest BCUT2D eigenvalue weighted by atomic mass is 19.2. The van der Waals surface area contributed by atoms with Crippen LogP contribution in [0.15, 0.2) is 30.3 Å². The fourth-order valence-corrected chi connectivity index (χ4v) is 1.71. The second-order valence-corrected chi connectivity index (χ2v) is 4.20. The summed E-state index contributed by atoms with van der Waals surface area (Å²) in [5.41, 5.74) is 8.56. The van der Waals surface area contributed by atoms with Crippen molar-refractivity contribution in [1.29, 1.82) is 0 Å². The first-order valence-electron chi connectivity index (χ1n) is 5.57. The van der Waals surface area contributed by atoms with Gasteiger partial charge in [-0.3, -0.25) is 0 Å². The highest BCUT2D eigenvalue weighted by molar-refractivity contribution is 5.74. The number of halogens is 2. The van der Waals surface area contributed by atoms with Gasteiger partial charge in [-0.15, -0.1) is 0 Å². The standard InChI is InChI=1S/C14H14F2N2/c1-8-4-3-5-12(9(8)2)18-14-11(17)7-6-10(15)13(14)16/h3-7,18H,17H2,1-2H3. The Hall–Kier alpha value is -2.10. The van der Waals surface area contributed by atoms with Crippen LogP contribution >= 0.6 is 0 Å². The fourth-order valence-electron chi connectivity index (χ4n) is 1.71. The molecule has 2 rings (SSSR count). The second kappa shape index (κ2) is 4.64. The maximum atomic E-state index is 13.7. The molecule has 0 unspecified atom stereocenters. The summed E-state index contributed by atoms with van der Waals surface area (Å²) >= 11 is 0. The summed E-state index contributed by atoms with van der Waals surface area (Å²) in [6.07, 6.45) is 0. The number of hydrogen-bond donors (Lipinski definition) is 2. The zero-order valence-electron chi connectivity index (χ0n) is 10.2. The van der Waals surface area contributed by atoms with Crippen LogP contribution in [0.2, 0.25) is 0 Å². The van der Waals surface area contributed by atoms with E-state index in [0.717, 1.165) is 17.2 Å². The van der Waals surface area contributed by atoms with Gasteiger partial charge in [0.05, 0.1) is 5.69 Å². The van der Waals surface area contributed by atoms with Gasteiger partial charge in [0.1, 0.15) is 5.69 Å². The third-order valence-electron chi connectivity index (χ3n) is 2.99. The predicted octanol–water partition coefficient (Wildman–Crippen LogP) is 3.91. The van der Waals surface area contributed by atoms with E-state index in [0.29, 0.717) is 5.69 Å². The van der Waals surface area contributed by atoms with Crippen LogP contribution < -0.4 is 11.1 Å².